The Morgan fingerprint density at radius 1 is 0.692 bits per heavy atom. The van der Waals surface area contributed by atoms with Gasteiger partial charge >= 0.3 is 0 Å². The second-order valence-electron chi connectivity index (χ2n) is 3.14. The van der Waals surface area contributed by atoms with Crippen molar-refractivity contribution in [2.75, 3.05) is 0 Å². The summed E-state index contributed by atoms with van der Waals surface area (Å²) in [6.45, 7) is 4.40. The molecular formula is C13H22. The predicted molar refractivity (Wildman–Crippen MR) is 61.9 cm³/mol. The van der Waals surface area contributed by atoms with E-state index in [0.717, 1.165) is 6.42 Å². The average molecular weight is 178 g/mol. The molecule has 0 unspecified atom stereocenters. The normalized spacial score (nSPS) is 12.5. The first-order valence-corrected chi connectivity index (χ1v) is 5.38. The molecule has 0 rings (SSSR count). The third-order valence-corrected chi connectivity index (χ3v) is 1.73. The van der Waals surface area contributed by atoms with E-state index in [9.17, 15) is 0 Å². The smallest absolute Gasteiger partial charge is 0.0166 e. The quantitative estimate of drug-likeness (QED) is 0.393. The summed E-state index contributed by atoms with van der Waals surface area (Å²) in [5.74, 6) is 0. The summed E-state index contributed by atoms with van der Waals surface area (Å²) in [6, 6.07) is 0. The third kappa shape index (κ3) is 11.2. The highest BCUT2D eigenvalue weighted by Crippen LogP contribution is 1.93. The molecule has 0 aromatic heterocycles. The highest BCUT2D eigenvalue weighted by atomic mass is 13.8. The Bertz CT molecular complexity index is 161. The summed E-state index contributed by atoms with van der Waals surface area (Å²) in [7, 11) is 0. The molecule has 0 aromatic rings. The van der Waals surface area contributed by atoms with Gasteiger partial charge in [0.15, 0.2) is 0 Å². The highest BCUT2D eigenvalue weighted by molar-refractivity contribution is 5.04. The van der Waals surface area contributed by atoms with Gasteiger partial charge in [0.25, 0.3) is 0 Å². The molecule has 0 saturated carbocycles. The zero-order chi connectivity index (χ0) is 9.78. The van der Waals surface area contributed by atoms with E-state index in [0.29, 0.717) is 0 Å². The maximum Gasteiger partial charge on any atom is -0.0166 e. The van der Waals surface area contributed by atoms with Crippen LogP contribution < -0.4 is 0 Å². The maximum atomic E-state index is 2.25. The molecule has 13 heavy (non-hydrogen) atoms. The zero-order valence-electron chi connectivity index (χ0n) is 9.00. The van der Waals surface area contributed by atoms with E-state index in [1.807, 2.05) is 0 Å². The van der Waals surface area contributed by atoms with Crippen molar-refractivity contribution in [3.63, 3.8) is 0 Å². The molecule has 0 fully saturated rings. The van der Waals surface area contributed by atoms with Crippen LogP contribution in [0.5, 0.6) is 0 Å². The van der Waals surface area contributed by atoms with Crippen LogP contribution in [0.15, 0.2) is 36.5 Å². The van der Waals surface area contributed by atoms with Gasteiger partial charge in [0.1, 0.15) is 0 Å². The van der Waals surface area contributed by atoms with E-state index >= 15 is 0 Å². The van der Waals surface area contributed by atoms with Gasteiger partial charge in [-0.1, -0.05) is 63.1 Å². The molecule has 0 nitrogen and oxygen atoms in total. The van der Waals surface area contributed by atoms with Gasteiger partial charge < -0.3 is 0 Å². The van der Waals surface area contributed by atoms with Crippen LogP contribution in [0.2, 0.25) is 0 Å². The Kier molecular flexibility index (Phi) is 10.5. The number of allylic oxidation sites excluding steroid dienone is 6. The Hall–Kier alpha value is -0.780. The first kappa shape index (κ1) is 12.2. The molecule has 0 heterocycles. The van der Waals surface area contributed by atoms with Crippen molar-refractivity contribution in [1.82, 2.24) is 0 Å². The van der Waals surface area contributed by atoms with E-state index in [4.69, 9.17) is 0 Å². The second kappa shape index (κ2) is 11.2. The summed E-state index contributed by atoms with van der Waals surface area (Å²) >= 11 is 0. The fourth-order valence-corrected chi connectivity index (χ4v) is 0.958. The van der Waals surface area contributed by atoms with Gasteiger partial charge in [-0.3, -0.25) is 0 Å². The summed E-state index contributed by atoms with van der Waals surface area (Å²) in [4.78, 5) is 0. The van der Waals surface area contributed by atoms with Gasteiger partial charge in [-0.15, -0.1) is 0 Å². The first-order valence-electron chi connectivity index (χ1n) is 5.38. The molecule has 0 N–H and O–H groups in total. The van der Waals surface area contributed by atoms with Gasteiger partial charge in [-0.2, -0.15) is 0 Å². The highest BCUT2D eigenvalue weighted by Gasteiger charge is 1.72. The van der Waals surface area contributed by atoms with Crippen LogP contribution in [0.4, 0.5) is 0 Å². The summed E-state index contributed by atoms with van der Waals surface area (Å²) in [6.07, 6.45) is 19.1. The molecule has 0 radical (unpaired) electrons. The molecule has 0 atom stereocenters. The van der Waals surface area contributed by atoms with Crippen molar-refractivity contribution >= 4 is 0 Å². The van der Waals surface area contributed by atoms with Crippen LogP contribution in [0.1, 0.15) is 46.0 Å². The van der Waals surface area contributed by atoms with Crippen molar-refractivity contribution < 1.29 is 0 Å². The van der Waals surface area contributed by atoms with Gasteiger partial charge in [-0.25, -0.2) is 0 Å². The van der Waals surface area contributed by atoms with Crippen LogP contribution in [0, 0.1) is 0 Å². The minimum atomic E-state index is 1.07. The van der Waals surface area contributed by atoms with Crippen LogP contribution >= 0.6 is 0 Å². The van der Waals surface area contributed by atoms with E-state index < -0.39 is 0 Å². The monoisotopic (exact) mass is 178 g/mol. The van der Waals surface area contributed by atoms with E-state index in [-0.39, 0.29) is 0 Å². The third-order valence-electron chi connectivity index (χ3n) is 1.73. The Morgan fingerprint density at radius 3 is 2.00 bits per heavy atom. The Balaban J connectivity index is 3.30. The topological polar surface area (TPSA) is 0 Å². The van der Waals surface area contributed by atoms with Crippen molar-refractivity contribution in [3.8, 4) is 0 Å². The minimum Gasteiger partial charge on any atom is -0.0882 e. The lowest BCUT2D eigenvalue weighted by atomic mass is 10.2. The molecule has 0 heteroatoms. The summed E-state index contributed by atoms with van der Waals surface area (Å²) in [5.41, 5.74) is 0. The van der Waals surface area contributed by atoms with Crippen LogP contribution in [-0.4, -0.2) is 0 Å². The average Bonchev–Trinajstić information content (AvgIpc) is 2.16. The van der Waals surface area contributed by atoms with Gasteiger partial charge in [-0.05, 0) is 19.3 Å². The van der Waals surface area contributed by atoms with E-state index in [1.54, 1.807) is 0 Å². The van der Waals surface area contributed by atoms with Crippen molar-refractivity contribution in [2.45, 2.75) is 46.0 Å². The lowest BCUT2D eigenvalue weighted by Crippen LogP contribution is -1.62. The molecular weight excluding hydrogens is 156 g/mol. The van der Waals surface area contributed by atoms with E-state index in [1.165, 1.54) is 25.7 Å². The summed E-state index contributed by atoms with van der Waals surface area (Å²) in [5, 5.41) is 0. The van der Waals surface area contributed by atoms with Crippen LogP contribution in [0.3, 0.4) is 0 Å². The lowest BCUT2D eigenvalue weighted by Gasteiger charge is -1.83. The first-order chi connectivity index (χ1) is 6.41. The molecule has 0 aromatic carbocycles. The maximum absolute atomic E-state index is 2.25. The molecule has 0 aliphatic rings. The number of hydrogen-bond donors (Lipinski definition) is 0. The fourth-order valence-electron chi connectivity index (χ4n) is 0.958. The molecule has 0 bridgehead atoms. The number of hydrogen-bond acceptors (Lipinski definition) is 0. The molecule has 0 saturated heterocycles. The van der Waals surface area contributed by atoms with Crippen molar-refractivity contribution in [2.24, 2.45) is 0 Å². The van der Waals surface area contributed by atoms with Crippen molar-refractivity contribution in [3.05, 3.63) is 36.5 Å². The molecule has 0 amide bonds. The summed E-state index contributed by atoms with van der Waals surface area (Å²) < 4.78 is 0. The fraction of sp³-hybridized carbons (Fsp3) is 0.538. The molecule has 0 spiro atoms. The van der Waals surface area contributed by atoms with Crippen LogP contribution in [-0.2, 0) is 0 Å². The second-order valence-corrected chi connectivity index (χ2v) is 3.14. The molecule has 0 aliphatic carbocycles. The van der Waals surface area contributed by atoms with Gasteiger partial charge in [0.2, 0.25) is 0 Å². The van der Waals surface area contributed by atoms with Crippen molar-refractivity contribution in [1.29, 1.82) is 0 Å². The van der Waals surface area contributed by atoms with Gasteiger partial charge in [0.05, 0.1) is 0 Å². The standard InChI is InChI=1S/C13H22/c1-3-5-7-9-11-13-12-10-8-6-4-2/h7-11,13H,3-6,12H2,1-2H3. The predicted octanol–water partition coefficient (Wildman–Crippen LogP) is 4.65. The van der Waals surface area contributed by atoms with E-state index in [2.05, 4.69) is 50.3 Å². The number of rotatable bonds is 7. The SMILES string of the molecule is CCCC=CC=CCC=CCCC. The molecule has 0 aliphatic heterocycles. The Labute approximate surface area is 83.0 Å². The largest absolute Gasteiger partial charge is 0.0882 e. The molecule has 74 valence electrons. The van der Waals surface area contributed by atoms with Crippen LogP contribution in [0.25, 0.3) is 0 Å². The van der Waals surface area contributed by atoms with Gasteiger partial charge in [0, 0.05) is 0 Å². The Morgan fingerprint density at radius 2 is 1.31 bits per heavy atom. The zero-order valence-corrected chi connectivity index (χ0v) is 9.00. The lowest BCUT2D eigenvalue weighted by molar-refractivity contribution is 0.954. The number of unbranched alkanes of at least 4 members (excludes halogenated alkanes) is 2. The minimum absolute atomic E-state index is 1.07.